The number of carboxylic acid groups (broad SMARTS) is 1. The van der Waals surface area contributed by atoms with Gasteiger partial charge in [0, 0.05) is 30.2 Å². The molecule has 30 heavy (non-hydrogen) atoms. The first-order valence-corrected chi connectivity index (χ1v) is 10.3. The molecule has 1 aliphatic heterocycles. The molecule has 0 saturated heterocycles. The highest BCUT2D eigenvalue weighted by molar-refractivity contribution is 5.84. The fraction of sp³-hybridized carbons (Fsp3) is 0.478. The van der Waals surface area contributed by atoms with Gasteiger partial charge >= 0.3 is 5.97 Å². The van der Waals surface area contributed by atoms with E-state index in [2.05, 4.69) is 0 Å². The number of hydrogen-bond donors (Lipinski definition) is 3. The maximum atomic E-state index is 12.3. The molecule has 7 heteroatoms. The number of aliphatic carboxylic acids is 1. The Morgan fingerprint density at radius 2 is 2.07 bits per heavy atom. The zero-order chi connectivity index (χ0) is 21.5. The van der Waals surface area contributed by atoms with Gasteiger partial charge in [-0.25, -0.2) is 0 Å². The van der Waals surface area contributed by atoms with Crippen LogP contribution in [-0.2, 0) is 20.9 Å². The Morgan fingerprint density at radius 3 is 2.87 bits per heavy atom. The highest BCUT2D eigenvalue weighted by Crippen LogP contribution is 2.34. The van der Waals surface area contributed by atoms with Crippen molar-refractivity contribution < 1.29 is 34.4 Å². The average Bonchev–Trinajstić information content (AvgIpc) is 3.00. The summed E-state index contributed by atoms with van der Waals surface area (Å²) in [5.74, 6) is -0.931. The zero-order valence-electron chi connectivity index (χ0n) is 16.7. The maximum absolute atomic E-state index is 12.3. The number of Topliss-reactive ketones (excluding diaryl/α,β-unsaturated/α-hetero) is 1. The highest BCUT2D eigenvalue weighted by Gasteiger charge is 2.39. The van der Waals surface area contributed by atoms with E-state index in [0.717, 1.165) is 5.56 Å². The van der Waals surface area contributed by atoms with Crippen molar-refractivity contribution >= 4 is 11.8 Å². The zero-order valence-corrected chi connectivity index (χ0v) is 16.7. The molecule has 0 radical (unpaired) electrons. The largest absolute Gasteiger partial charge is 0.481 e. The number of aliphatic hydroxyl groups excluding tert-OH is 2. The van der Waals surface area contributed by atoms with E-state index in [1.165, 1.54) is 6.08 Å². The molecule has 3 rings (SSSR count). The summed E-state index contributed by atoms with van der Waals surface area (Å²) in [6, 6.07) is 7.46. The molecule has 5 atom stereocenters. The quantitative estimate of drug-likeness (QED) is 0.419. The van der Waals surface area contributed by atoms with Crippen molar-refractivity contribution in [3.8, 4) is 5.75 Å². The molecule has 0 amide bonds. The number of ether oxygens (including phenoxy) is 2. The first kappa shape index (κ1) is 22.2. The number of hydrogen-bond acceptors (Lipinski definition) is 6. The van der Waals surface area contributed by atoms with Crippen LogP contribution in [0.2, 0.25) is 0 Å². The first-order chi connectivity index (χ1) is 14.5. The van der Waals surface area contributed by atoms with Crippen LogP contribution < -0.4 is 4.74 Å². The number of carboxylic acids is 1. The SMILES string of the molecule is O=C(O)CCC/C=C\C[C@H]1C(=O)C[C@@H](O)[C@@H]1/C=C/[C@@H](O)C1OCc2ccccc2O1. The van der Waals surface area contributed by atoms with Crippen LogP contribution in [0.3, 0.4) is 0 Å². The molecule has 2 aliphatic rings. The molecule has 1 saturated carbocycles. The molecule has 1 unspecified atom stereocenters. The second-order valence-corrected chi connectivity index (χ2v) is 7.70. The minimum absolute atomic E-state index is 0.0130. The number of para-hydroxylation sites is 1. The van der Waals surface area contributed by atoms with Crippen molar-refractivity contribution in [3.05, 3.63) is 54.1 Å². The van der Waals surface area contributed by atoms with Crippen LogP contribution in [0.4, 0.5) is 0 Å². The predicted octanol–water partition coefficient (Wildman–Crippen LogP) is 2.61. The van der Waals surface area contributed by atoms with Gasteiger partial charge in [0.05, 0.1) is 12.7 Å². The molecule has 0 spiro atoms. The van der Waals surface area contributed by atoms with Crippen LogP contribution in [0.25, 0.3) is 0 Å². The molecule has 1 fully saturated rings. The maximum Gasteiger partial charge on any atom is 0.303 e. The summed E-state index contributed by atoms with van der Waals surface area (Å²) in [6.45, 7) is 0.339. The van der Waals surface area contributed by atoms with Gasteiger partial charge in [-0.3, -0.25) is 9.59 Å². The van der Waals surface area contributed by atoms with Crippen molar-refractivity contribution in [1.29, 1.82) is 0 Å². The highest BCUT2D eigenvalue weighted by atomic mass is 16.7. The third kappa shape index (κ3) is 5.78. The van der Waals surface area contributed by atoms with Crippen molar-refractivity contribution in [3.63, 3.8) is 0 Å². The van der Waals surface area contributed by atoms with Crippen LogP contribution in [0.1, 0.15) is 37.7 Å². The normalized spacial score (nSPS) is 27.3. The molecule has 1 aromatic rings. The lowest BCUT2D eigenvalue weighted by Gasteiger charge is -2.28. The predicted molar refractivity (Wildman–Crippen MR) is 109 cm³/mol. The van der Waals surface area contributed by atoms with E-state index < -0.39 is 30.4 Å². The Labute approximate surface area is 175 Å². The van der Waals surface area contributed by atoms with Crippen molar-refractivity contribution in [2.24, 2.45) is 11.8 Å². The molecular weight excluding hydrogens is 388 g/mol. The van der Waals surface area contributed by atoms with Gasteiger partial charge in [0.15, 0.2) is 0 Å². The Kier molecular flexibility index (Phi) is 7.79. The topological polar surface area (TPSA) is 113 Å². The Bertz CT molecular complexity index is 800. The lowest BCUT2D eigenvalue weighted by Crippen LogP contribution is -2.36. The van der Waals surface area contributed by atoms with E-state index in [1.807, 2.05) is 36.4 Å². The van der Waals surface area contributed by atoms with Crippen LogP contribution in [-0.4, -0.2) is 45.6 Å². The Balaban J connectivity index is 1.55. The van der Waals surface area contributed by atoms with Crippen molar-refractivity contribution in [2.45, 2.75) is 57.2 Å². The summed E-state index contributed by atoms with van der Waals surface area (Å²) in [7, 11) is 0. The summed E-state index contributed by atoms with van der Waals surface area (Å²) in [5.41, 5.74) is 0.914. The monoisotopic (exact) mass is 416 g/mol. The number of carbonyl (C=O) groups is 2. The minimum atomic E-state index is -1.03. The molecule has 1 aromatic carbocycles. The number of carbonyl (C=O) groups excluding carboxylic acids is 1. The summed E-state index contributed by atoms with van der Waals surface area (Å²) in [4.78, 5) is 22.8. The van der Waals surface area contributed by atoms with Gasteiger partial charge in [0.2, 0.25) is 6.29 Å². The lowest BCUT2D eigenvalue weighted by atomic mass is 9.90. The molecule has 0 aromatic heterocycles. The van der Waals surface area contributed by atoms with Crippen molar-refractivity contribution in [1.82, 2.24) is 0 Å². The van der Waals surface area contributed by atoms with E-state index >= 15 is 0 Å². The number of allylic oxidation sites excluding steroid dienone is 2. The van der Waals surface area contributed by atoms with Crippen LogP contribution in [0.15, 0.2) is 48.6 Å². The number of unbranched alkanes of at least 4 members (excludes halogenated alkanes) is 1. The standard InChI is InChI=1S/C23H28O7/c24-18(23-29-14-15-7-5-6-9-21(15)30-23)12-11-17-16(19(25)13-20(17)26)8-3-1-2-4-10-22(27)28/h1,3,5-7,9,11-12,16-18,20,23-24,26H,2,4,8,10,13-14H2,(H,27,28)/b3-1-,12-11+/t16-,17-,18-,20-,23?/m1/s1. The molecule has 1 heterocycles. The summed E-state index contributed by atoms with van der Waals surface area (Å²) >= 11 is 0. The number of fused-ring (bicyclic) bond motifs is 1. The molecule has 3 N–H and O–H groups in total. The fourth-order valence-corrected chi connectivity index (χ4v) is 3.83. The average molecular weight is 416 g/mol. The summed E-state index contributed by atoms with van der Waals surface area (Å²) in [5, 5.41) is 29.4. The third-order valence-electron chi connectivity index (χ3n) is 5.48. The second kappa shape index (κ2) is 10.5. The summed E-state index contributed by atoms with van der Waals surface area (Å²) < 4.78 is 11.3. The first-order valence-electron chi connectivity index (χ1n) is 10.3. The van der Waals surface area contributed by atoms with Crippen LogP contribution in [0.5, 0.6) is 5.75 Å². The van der Waals surface area contributed by atoms with Gasteiger partial charge in [-0.2, -0.15) is 0 Å². The Morgan fingerprint density at radius 1 is 1.27 bits per heavy atom. The van der Waals surface area contributed by atoms with E-state index in [1.54, 1.807) is 6.08 Å². The van der Waals surface area contributed by atoms with E-state index in [9.17, 15) is 19.8 Å². The van der Waals surface area contributed by atoms with Gasteiger partial charge in [-0.05, 0) is 25.3 Å². The molecule has 162 valence electrons. The van der Waals surface area contributed by atoms with E-state index in [4.69, 9.17) is 14.6 Å². The third-order valence-corrected chi connectivity index (χ3v) is 5.48. The van der Waals surface area contributed by atoms with Gasteiger partial charge < -0.3 is 24.8 Å². The molecular formula is C23H28O7. The molecule has 7 nitrogen and oxygen atoms in total. The number of ketones is 1. The van der Waals surface area contributed by atoms with Gasteiger partial charge in [-0.15, -0.1) is 0 Å². The smallest absolute Gasteiger partial charge is 0.303 e. The number of aliphatic hydroxyl groups is 2. The number of benzene rings is 1. The molecule has 1 aliphatic carbocycles. The summed E-state index contributed by atoms with van der Waals surface area (Å²) in [6.07, 6.45) is 6.12. The van der Waals surface area contributed by atoms with Gasteiger partial charge in [0.1, 0.15) is 17.6 Å². The van der Waals surface area contributed by atoms with E-state index in [0.29, 0.717) is 31.6 Å². The van der Waals surface area contributed by atoms with Gasteiger partial charge in [0.25, 0.3) is 0 Å². The minimum Gasteiger partial charge on any atom is -0.481 e. The lowest BCUT2D eigenvalue weighted by molar-refractivity contribution is -0.152. The fourth-order valence-electron chi connectivity index (χ4n) is 3.83. The van der Waals surface area contributed by atoms with Crippen molar-refractivity contribution in [2.75, 3.05) is 0 Å². The van der Waals surface area contributed by atoms with E-state index in [-0.39, 0.29) is 24.5 Å². The Hall–Kier alpha value is -2.48. The van der Waals surface area contributed by atoms with Crippen LogP contribution in [0, 0.1) is 11.8 Å². The van der Waals surface area contributed by atoms with Crippen LogP contribution >= 0.6 is 0 Å². The molecule has 0 bridgehead atoms. The second-order valence-electron chi connectivity index (χ2n) is 7.70. The number of rotatable bonds is 9. The van der Waals surface area contributed by atoms with Gasteiger partial charge in [-0.1, -0.05) is 42.5 Å².